The smallest absolute Gasteiger partial charge is 0.252 e. The van der Waals surface area contributed by atoms with Crippen LogP contribution >= 0.6 is 0 Å². The molecule has 100 valence electrons. The van der Waals surface area contributed by atoms with E-state index in [1.807, 2.05) is 6.92 Å². The largest absolute Gasteiger partial charge is 0.382 e. The molecule has 0 saturated heterocycles. The van der Waals surface area contributed by atoms with Crippen LogP contribution in [0.15, 0.2) is 12.1 Å². The van der Waals surface area contributed by atoms with Gasteiger partial charge in [0.25, 0.3) is 5.91 Å². The van der Waals surface area contributed by atoms with Gasteiger partial charge in [-0.25, -0.2) is 0 Å². The van der Waals surface area contributed by atoms with Gasteiger partial charge in [-0.1, -0.05) is 12.1 Å². The van der Waals surface area contributed by atoms with E-state index in [9.17, 15) is 9.90 Å². The maximum Gasteiger partial charge on any atom is 0.252 e. The topological polar surface area (TPSA) is 66.6 Å². The highest BCUT2D eigenvalue weighted by molar-refractivity contribution is 5.80. The first-order chi connectivity index (χ1) is 8.36. The first kappa shape index (κ1) is 14.7. The average molecular weight is 250 g/mol. The highest BCUT2D eigenvalue weighted by atomic mass is 16.3. The van der Waals surface area contributed by atoms with Crippen LogP contribution in [0.5, 0.6) is 0 Å². The molecule has 0 heterocycles. The molecule has 3 N–H and O–H groups in total. The molecule has 1 amide bonds. The van der Waals surface area contributed by atoms with Gasteiger partial charge >= 0.3 is 0 Å². The molecule has 1 rings (SSSR count). The van der Waals surface area contributed by atoms with E-state index in [1.165, 1.54) is 16.0 Å². The van der Waals surface area contributed by atoms with Crippen LogP contribution in [0.1, 0.15) is 22.3 Å². The van der Waals surface area contributed by atoms with Crippen LogP contribution in [-0.2, 0) is 11.3 Å². The summed E-state index contributed by atoms with van der Waals surface area (Å²) in [4.78, 5) is 13.2. The summed E-state index contributed by atoms with van der Waals surface area (Å²) < 4.78 is 0. The molecule has 0 aliphatic carbocycles. The van der Waals surface area contributed by atoms with Crippen molar-refractivity contribution in [2.45, 2.75) is 33.4 Å². The number of aryl methyl sites for hydroxylation is 3. The minimum absolute atomic E-state index is 0.0465. The van der Waals surface area contributed by atoms with Gasteiger partial charge in [0, 0.05) is 20.1 Å². The molecule has 1 atom stereocenters. The fraction of sp³-hybridized carbons (Fsp3) is 0.500. The number of benzene rings is 1. The molecule has 18 heavy (non-hydrogen) atoms. The maximum absolute atomic E-state index is 11.7. The Morgan fingerprint density at radius 2 is 1.83 bits per heavy atom. The molecule has 4 heteroatoms. The first-order valence-corrected chi connectivity index (χ1v) is 6.06. The Hall–Kier alpha value is -1.39. The second-order valence-electron chi connectivity index (χ2n) is 4.81. The molecule has 0 radical (unpaired) electrons. The lowest BCUT2D eigenvalue weighted by Crippen LogP contribution is -2.40. The predicted molar refractivity (Wildman–Crippen MR) is 72.2 cm³/mol. The lowest BCUT2D eigenvalue weighted by Gasteiger charge is -2.21. The van der Waals surface area contributed by atoms with Crippen LogP contribution < -0.4 is 5.73 Å². The van der Waals surface area contributed by atoms with Crippen LogP contribution in [0.3, 0.4) is 0 Å². The Morgan fingerprint density at radius 1 is 1.28 bits per heavy atom. The van der Waals surface area contributed by atoms with Crippen molar-refractivity contribution in [3.8, 4) is 0 Å². The molecule has 0 aromatic heterocycles. The van der Waals surface area contributed by atoms with E-state index >= 15 is 0 Å². The van der Waals surface area contributed by atoms with E-state index in [4.69, 9.17) is 5.73 Å². The summed E-state index contributed by atoms with van der Waals surface area (Å²) in [7, 11) is 1.68. The molecule has 0 fully saturated rings. The van der Waals surface area contributed by atoms with Gasteiger partial charge in [-0.3, -0.25) is 4.79 Å². The Morgan fingerprint density at radius 3 is 2.39 bits per heavy atom. The number of carbonyl (C=O) groups excluding carboxylic acids is 1. The van der Waals surface area contributed by atoms with Gasteiger partial charge in [-0.2, -0.15) is 0 Å². The highest BCUT2D eigenvalue weighted by Crippen LogP contribution is 2.17. The summed E-state index contributed by atoms with van der Waals surface area (Å²) >= 11 is 0. The molecule has 1 unspecified atom stereocenters. The number of carbonyl (C=O) groups is 1. The third-order valence-corrected chi connectivity index (χ3v) is 3.24. The molecule has 1 aromatic carbocycles. The van der Waals surface area contributed by atoms with Gasteiger partial charge in [-0.05, 0) is 43.0 Å². The van der Waals surface area contributed by atoms with E-state index in [0.717, 1.165) is 11.1 Å². The minimum Gasteiger partial charge on any atom is -0.382 e. The minimum atomic E-state index is -1.11. The van der Waals surface area contributed by atoms with Crippen LogP contribution in [0, 0.1) is 20.8 Å². The van der Waals surface area contributed by atoms with E-state index in [2.05, 4.69) is 26.0 Å². The third-order valence-electron chi connectivity index (χ3n) is 3.24. The summed E-state index contributed by atoms with van der Waals surface area (Å²) in [5, 5.41) is 9.43. The SMILES string of the molecule is Cc1cc(C)c(CN(C)C(=O)C(O)CN)cc1C. The average Bonchev–Trinajstić information content (AvgIpc) is 2.33. The van der Waals surface area contributed by atoms with Crippen molar-refractivity contribution in [2.24, 2.45) is 5.73 Å². The van der Waals surface area contributed by atoms with Gasteiger partial charge < -0.3 is 15.7 Å². The predicted octanol–water partition coefficient (Wildman–Crippen LogP) is 0.890. The fourth-order valence-electron chi connectivity index (χ4n) is 1.88. The molecular weight excluding hydrogens is 228 g/mol. The fourth-order valence-corrected chi connectivity index (χ4v) is 1.88. The zero-order chi connectivity index (χ0) is 13.9. The zero-order valence-corrected chi connectivity index (χ0v) is 11.5. The summed E-state index contributed by atoms with van der Waals surface area (Å²) in [6.45, 7) is 6.59. The van der Waals surface area contributed by atoms with Crippen molar-refractivity contribution in [2.75, 3.05) is 13.6 Å². The number of hydrogen-bond donors (Lipinski definition) is 2. The Bertz CT molecular complexity index is 444. The Balaban J connectivity index is 2.85. The van der Waals surface area contributed by atoms with Crippen LogP contribution in [0.2, 0.25) is 0 Å². The lowest BCUT2D eigenvalue weighted by atomic mass is 10.0. The quantitative estimate of drug-likeness (QED) is 0.834. The first-order valence-electron chi connectivity index (χ1n) is 6.06. The van der Waals surface area contributed by atoms with Crippen molar-refractivity contribution in [3.05, 3.63) is 34.4 Å². The van der Waals surface area contributed by atoms with Crippen LogP contribution in [-0.4, -0.2) is 35.6 Å². The molecular formula is C14H22N2O2. The second kappa shape index (κ2) is 5.98. The standard InChI is InChI=1S/C14H22N2O2/c1-9-5-11(3)12(6-10(9)2)8-16(4)14(18)13(17)7-15/h5-6,13,17H,7-8,15H2,1-4H3. The van der Waals surface area contributed by atoms with Crippen molar-refractivity contribution in [1.82, 2.24) is 4.90 Å². The summed E-state index contributed by atoms with van der Waals surface area (Å²) in [6, 6.07) is 4.20. The third kappa shape index (κ3) is 3.31. The van der Waals surface area contributed by atoms with Gasteiger partial charge in [0.2, 0.25) is 0 Å². The molecule has 0 spiro atoms. The highest BCUT2D eigenvalue weighted by Gasteiger charge is 2.18. The molecule has 0 aliphatic rings. The van der Waals surface area contributed by atoms with E-state index < -0.39 is 6.10 Å². The second-order valence-corrected chi connectivity index (χ2v) is 4.81. The summed E-state index contributed by atoms with van der Waals surface area (Å²) in [5.41, 5.74) is 9.98. The number of amides is 1. The van der Waals surface area contributed by atoms with Gasteiger partial charge in [-0.15, -0.1) is 0 Å². The molecule has 4 nitrogen and oxygen atoms in total. The maximum atomic E-state index is 11.7. The van der Waals surface area contributed by atoms with Crippen molar-refractivity contribution in [1.29, 1.82) is 0 Å². The normalized spacial score (nSPS) is 12.3. The number of aliphatic hydroxyl groups excluding tert-OH is 1. The Labute approximate surface area is 108 Å². The number of likely N-dealkylation sites (N-methyl/N-ethyl adjacent to an activating group) is 1. The number of aliphatic hydroxyl groups is 1. The number of nitrogens with zero attached hydrogens (tertiary/aromatic N) is 1. The number of hydrogen-bond acceptors (Lipinski definition) is 3. The molecule has 0 aliphatic heterocycles. The monoisotopic (exact) mass is 250 g/mol. The zero-order valence-electron chi connectivity index (χ0n) is 11.5. The van der Waals surface area contributed by atoms with E-state index in [-0.39, 0.29) is 12.5 Å². The van der Waals surface area contributed by atoms with Crippen molar-refractivity contribution < 1.29 is 9.90 Å². The molecule has 0 saturated carbocycles. The van der Waals surface area contributed by atoms with Gasteiger partial charge in [0.15, 0.2) is 0 Å². The van der Waals surface area contributed by atoms with Gasteiger partial charge in [0.05, 0.1) is 0 Å². The Kier molecular flexibility index (Phi) is 4.87. The number of rotatable bonds is 4. The molecule has 1 aromatic rings. The summed E-state index contributed by atoms with van der Waals surface area (Å²) in [6.07, 6.45) is -1.11. The molecule has 0 bridgehead atoms. The van der Waals surface area contributed by atoms with Crippen LogP contribution in [0.25, 0.3) is 0 Å². The van der Waals surface area contributed by atoms with E-state index in [0.29, 0.717) is 6.54 Å². The van der Waals surface area contributed by atoms with E-state index in [1.54, 1.807) is 7.05 Å². The van der Waals surface area contributed by atoms with Crippen molar-refractivity contribution >= 4 is 5.91 Å². The van der Waals surface area contributed by atoms with Crippen LogP contribution in [0.4, 0.5) is 0 Å². The number of nitrogens with two attached hydrogens (primary N) is 1. The summed E-state index contributed by atoms with van der Waals surface area (Å²) in [5.74, 6) is -0.338. The van der Waals surface area contributed by atoms with Crippen molar-refractivity contribution in [3.63, 3.8) is 0 Å². The van der Waals surface area contributed by atoms with Gasteiger partial charge in [0.1, 0.15) is 6.10 Å². The lowest BCUT2D eigenvalue weighted by molar-refractivity contribution is -0.138.